The smallest absolute Gasteiger partial charge is 0.233 e. The molecule has 1 N–H and O–H groups in total. The van der Waals surface area contributed by atoms with Crippen LogP contribution in [0.15, 0.2) is 18.2 Å². The van der Waals surface area contributed by atoms with Crippen LogP contribution < -0.4 is 4.90 Å². The first kappa shape index (κ1) is 11.6. The number of rotatable bonds is 1. The number of aromatic hydroxyl groups is 1. The topological polar surface area (TPSA) is 57.6 Å². The summed E-state index contributed by atoms with van der Waals surface area (Å²) in [4.78, 5) is 24.5. The average molecular weight is 237 g/mol. The molecular weight excluding hydrogens is 225 g/mol. The van der Waals surface area contributed by atoms with Crippen molar-refractivity contribution in [1.82, 2.24) is 0 Å². The Bertz CT molecular complexity index is 455. The summed E-state index contributed by atoms with van der Waals surface area (Å²) in [7, 11) is 0. The van der Waals surface area contributed by atoms with Crippen molar-refractivity contribution in [1.29, 1.82) is 0 Å². The average Bonchev–Trinajstić information content (AvgIpc) is 2.45. The van der Waals surface area contributed by atoms with Gasteiger partial charge < -0.3 is 5.11 Å². The van der Waals surface area contributed by atoms with Gasteiger partial charge in [0.2, 0.25) is 11.8 Å². The van der Waals surface area contributed by atoms with Crippen molar-refractivity contribution < 1.29 is 19.1 Å². The molecule has 1 fully saturated rings. The number of hydrogen-bond donors (Lipinski definition) is 1. The zero-order valence-electron chi connectivity index (χ0n) is 9.15. The molecular formula is C12H12FNO3. The van der Waals surface area contributed by atoms with Crippen LogP contribution in [-0.4, -0.2) is 16.9 Å². The molecule has 5 heteroatoms. The maximum atomic E-state index is 13.2. The van der Waals surface area contributed by atoms with Crippen LogP contribution in [0.5, 0.6) is 5.75 Å². The van der Waals surface area contributed by atoms with Gasteiger partial charge in [0.15, 0.2) is 11.6 Å². The first-order valence-corrected chi connectivity index (χ1v) is 5.44. The first-order valence-electron chi connectivity index (χ1n) is 5.44. The Morgan fingerprint density at radius 3 is 2.24 bits per heavy atom. The Hall–Kier alpha value is -1.91. The van der Waals surface area contributed by atoms with E-state index in [-0.39, 0.29) is 30.3 Å². The van der Waals surface area contributed by atoms with Gasteiger partial charge in [0.05, 0.1) is 5.69 Å². The minimum atomic E-state index is -0.840. The van der Waals surface area contributed by atoms with E-state index in [4.69, 9.17) is 5.11 Å². The van der Waals surface area contributed by atoms with Crippen LogP contribution in [0.3, 0.4) is 0 Å². The van der Waals surface area contributed by atoms with Crippen molar-refractivity contribution in [2.24, 2.45) is 0 Å². The highest BCUT2D eigenvalue weighted by Gasteiger charge is 2.26. The third kappa shape index (κ3) is 2.27. The highest BCUT2D eigenvalue weighted by molar-refractivity contribution is 6.15. The highest BCUT2D eigenvalue weighted by atomic mass is 19.1. The second-order valence-corrected chi connectivity index (χ2v) is 3.97. The van der Waals surface area contributed by atoms with Gasteiger partial charge in [-0.25, -0.2) is 4.39 Å². The van der Waals surface area contributed by atoms with E-state index in [9.17, 15) is 14.0 Å². The number of carbonyl (C=O) groups excluding carboxylic acids is 2. The van der Waals surface area contributed by atoms with E-state index in [0.29, 0.717) is 12.8 Å². The molecule has 0 aromatic heterocycles. The van der Waals surface area contributed by atoms with Crippen molar-refractivity contribution in [2.45, 2.75) is 25.7 Å². The number of anilines is 1. The second kappa shape index (κ2) is 4.53. The first-order chi connectivity index (χ1) is 8.09. The quantitative estimate of drug-likeness (QED) is 0.759. The summed E-state index contributed by atoms with van der Waals surface area (Å²) in [5.41, 5.74) is 0.178. The molecule has 0 bridgehead atoms. The lowest BCUT2D eigenvalue weighted by Gasteiger charge is -2.18. The van der Waals surface area contributed by atoms with Crippen molar-refractivity contribution in [3.8, 4) is 5.75 Å². The third-order valence-corrected chi connectivity index (χ3v) is 2.72. The summed E-state index contributed by atoms with van der Waals surface area (Å²) >= 11 is 0. The molecule has 0 unspecified atom stereocenters. The van der Waals surface area contributed by atoms with E-state index >= 15 is 0 Å². The van der Waals surface area contributed by atoms with Crippen LogP contribution in [0.4, 0.5) is 10.1 Å². The summed E-state index contributed by atoms with van der Waals surface area (Å²) in [6.07, 6.45) is 1.91. The molecule has 1 aromatic carbocycles. The zero-order chi connectivity index (χ0) is 12.4. The molecule has 4 nitrogen and oxygen atoms in total. The molecule has 1 aromatic rings. The predicted octanol–water partition coefficient (Wildman–Crippen LogP) is 1.96. The third-order valence-electron chi connectivity index (χ3n) is 2.72. The number of phenols is 1. The molecule has 17 heavy (non-hydrogen) atoms. The lowest BCUT2D eigenvalue weighted by atomic mass is 10.2. The van der Waals surface area contributed by atoms with Crippen molar-refractivity contribution in [2.75, 3.05) is 4.90 Å². The molecule has 0 radical (unpaired) electrons. The predicted molar refractivity (Wildman–Crippen MR) is 59.0 cm³/mol. The van der Waals surface area contributed by atoms with E-state index in [2.05, 4.69) is 0 Å². The van der Waals surface area contributed by atoms with Gasteiger partial charge >= 0.3 is 0 Å². The molecule has 1 saturated heterocycles. The number of hydrogen-bond acceptors (Lipinski definition) is 3. The van der Waals surface area contributed by atoms with Crippen LogP contribution >= 0.6 is 0 Å². The number of carbonyl (C=O) groups is 2. The summed E-state index contributed by atoms with van der Waals surface area (Å²) < 4.78 is 13.2. The Morgan fingerprint density at radius 2 is 1.71 bits per heavy atom. The lowest BCUT2D eigenvalue weighted by Crippen LogP contribution is -2.35. The Morgan fingerprint density at radius 1 is 1.12 bits per heavy atom. The van der Waals surface area contributed by atoms with E-state index in [1.165, 1.54) is 6.07 Å². The normalized spacial score (nSPS) is 17.1. The number of benzene rings is 1. The van der Waals surface area contributed by atoms with Crippen LogP contribution in [0, 0.1) is 5.82 Å². The number of nitrogens with zero attached hydrogens (tertiary/aromatic N) is 1. The molecule has 90 valence electrons. The summed E-state index contributed by atoms with van der Waals surface area (Å²) in [5, 5.41) is 9.07. The van der Waals surface area contributed by atoms with E-state index in [1.54, 1.807) is 0 Å². The van der Waals surface area contributed by atoms with Gasteiger partial charge in [0, 0.05) is 18.9 Å². The number of phenolic OH excluding ortho intramolecular Hbond substituents is 1. The van der Waals surface area contributed by atoms with Gasteiger partial charge in [-0.15, -0.1) is 0 Å². The fourth-order valence-electron chi connectivity index (χ4n) is 1.84. The molecule has 1 aliphatic rings. The molecule has 0 atom stereocenters. The van der Waals surface area contributed by atoms with Crippen LogP contribution in [0.2, 0.25) is 0 Å². The second-order valence-electron chi connectivity index (χ2n) is 3.97. The maximum absolute atomic E-state index is 13.2. The van der Waals surface area contributed by atoms with Crippen LogP contribution in [-0.2, 0) is 9.59 Å². The summed E-state index contributed by atoms with van der Waals surface area (Å²) in [5.74, 6) is -1.98. The van der Waals surface area contributed by atoms with E-state index in [1.807, 2.05) is 0 Å². The van der Waals surface area contributed by atoms with Gasteiger partial charge in [-0.05, 0) is 25.0 Å². The van der Waals surface area contributed by atoms with Gasteiger partial charge in [-0.3, -0.25) is 14.5 Å². The number of imide groups is 1. The monoisotopic (exact) mass is 237 g/mol. The lowest BCUT2D eigenvalue weighted by molar-refractivity contribution is -0.125. The number of amides is 2. The Labute approximate surface area is 97.7 Å². The van der Waals surface area contributed by atoms with Crippen molar-refractivity contribution >= 4 is 17.5 Å². The fraction of sp³-hybridized carbons (Fsp3) is 0.333. The fourth-order valence-corrected chi connectivity index (χ4v) is 1.84. The maximum Gasteiger partial charge on any atom is 0.233 e. The minimum absolute atomic E-state index is 0.178. The molecule has 1 heterocycles. The van der Waals surface area contributed by atoms with Gasteiger partial charge in [-0.2, -0.15) is 0 Å². The van der Waals surface area contributed by atoms with Crippen LogP contribution in [0.1, 0.15) is 25.7 Å². The molecule has 2 rings (SSSR count). The Kier molecular flexibility index (Phi) is 3.08. The molecule has 0 aliphatic carbocycles. The summed E-state index contributed by atoms with van der Waals surface area (Å²) in [6.45, 7) is 0. The molecule has 0 saturated carbocycles. The standard InChI is InChI=1S/C12H12FNO3/c13-9-7-8(5-6-10(9)15)14-11(16)3-1-2-4-12(14)17/h5-7,15H,1-4H2. The van der Waals surface area contributed by atoms with Gasteiger partial charge in [0.1, 0.15) is 0 Å². The van der Waals surface area contributed by atoms with Crippen LogP contribution in [0.25, 0.3) is 0 Å². The number of halogens is 1. The van der Waals surface area contributed by atoms with Gasteiger partial charge in [-0.1, -0.05) is 0 Å². The van der Waals surface area contributed by atoms with Crippen molar-refractivity contribution in [3.05, 3.63) is 24.0 Å². The molecule has 2 amide bonds. The molecule has 0 spiro atoms. The van der Waals surface area contributed by atoms with Crippen molar-refractivity contribution in [3.63, 3.8) is 0 Å². The minimum Gasteiger partial charge on any atom is -0.505 e. The van der Waals surface area contributed by atoms with E-state index < -0.39 is 11.6 Å². The molecule has 1 aliphatic heterocycles. The highest BCUT2D eigenvalue weighted by Crippen LogP contribution is 2.25. The summed E-state index contributed by atoms with van der Waals surface area (Å²) in [6, 6.07) is 3.49. The van der Waals surface area contributed by atoms with E-state index in [0.717, 1.165) is 17.0 Å². The Balaban J connectivity index is 2.38. The zero-order valence-corrected chi connectivity index (χ0v) is 9.15. The SMILES string of the molecule is O=C1CCCCC(=O)N1c1ccc(O)c(F)c1. The van der Waals surface area contributed by atoms with Gasteiger partial charge in [0.25, 0.3) is 0 Å². The largest absolute Gasteiger partial charge is 0.505 e.